The van der Waals surface area contributed by atoms with E-state index in [9.17, 15) is 19.8 Å². The maximum absolute atomic E-state index is 13.4. The molecule has 0 aromatic heterocycles. The second-order valence-electron chi connectivity index (χ2n) is 17.6. The summed E-state index contributed by atoms with van der Waals surface area (Å²) in [6.07, 6.45) is 11.3. The molecule has 0 radical (unpaired) electrons. The first-order valence-corrected chi connectivity index (χ1v) is 19.9. The van der Waals surface area contributed by atoms with E-state index in [0.29, 0.717) is 17.1 Å². The van der Waals surface area contributed by atoms with Gasteiger partial charge in [-0.3, -0.25) is 4.79 Å². The Morgan fingerprint density at radius 2 is 1.75 bits per heavy atom. The number of para-hydroxylation sites is 1. The molecule has 4 fully saturated rings. The van der Waals surface area contributed by atoms with E-state index < -0.39 is 43.3 Å². The molecule has 5 aliphatic rings. The zero-order valence-corrected chi connectivity index (χ0v) is 31.8. The Bertz CT molecular complexity index is 1390. The molecule has 0 unspecified atom stereocenters. The number of nitrogens with one attached hydrogen (secondary N) is 2. The van der Waals surface area contributed by atoms with Crippen molar-refractivity contribution in [1.82, 2.24) is 10.6 Å². The highest BCUT2D eigenvalue weighted by Crippen LogP contribution is 2.67. The van der Waals surface area contributed by atoms with Gasteiger partial charge in [0.1, 0.15) is 30.1 Å². The molecular weight excluding hydrogens is 644 g/mol. The van der Waals surface area contributed by atoms with Crippen molar-refractivity contribution < 1.29 is 34.0 Å². The molecule has 9 heteroatoms. The third-order valence-electron chi connectivity index (χ3n) is 14.1. The monoisotopic (exact) mass is 708 g/mol. The molecule has 3 saturated carbocycles. The van der Waals surface area contributed by atoms with Crippen molar-refractivity contribution >= 4 is 12.0 Å². The summed E-state index contributed by atoms with van der Waals surface area (Å²) in [5.74, 6) is 4.73. The molecule has 1 heterocycles. The summed E-state index contributed by atoms with van der Waals surface area (Å²) in [6, 6.07) is 6.90. The van der Waals surface area contributed by atoms with Crippen molar-refractivity contribution in [3.05, 3.63) is 42.0 Å². The predicted octanol–water partition coefficient (Wildman–Crippen LogP) is 7.15. The highest BCUT2D eigenvalue weighted by molar-refractivity contribution is 5.73. The van der Waals surface area contributed by atoms with Gasteiger partial charge in [0.05, 0.1) is 12.6 Å². The number of amides is 2. The van der Waals surface area contributed by atoms with Crippen molar-refractivity contribution in [2.24, 2.45) is 46.3 Å². The first-order valence-electron chi connectivity index (χ1n) is 19.9. The fraction of sp³-hybridized carbons (Fsp3) is 0.762. The van der Waals surface area contributed by atoms with Crippen molar-refractivity contribution in [1.29, 1.82) is 0 Å². The number of hydrogen-bond acceptors (Lipinski definition) is 7. The first-order chi connectivity index (χ1) is 24.3. The van der Waals surface area contributed by atoms with Crippen molar-refractivity contribution in [2.45, 2.75) is 149 Å². The molecule has 1 saturated heterocycles. The maximum Gasteiger partial charge on any atom is 0.407 e. The highest BCUT2D eigenvalue weighted by Gasteiger charge is 2.59. The van der Waals surface area contributed by atoms with Crippen molar-refractivity contribution in [3.63, 3.8) is 0 Å². The first kappa shape index (κ1) is 38.1. The van der Waals surface area contributed by atoms with Gasteiger partial charge in [-0.1, -0.05) is 83.7 Å². The number of allylic oxidation sites excluding steroid dienone is 1. The Labute approximate surface area is 305 Å². The summed E-state index contributed by atoms with van der Waals surface area (Å²) in [4.78, 5) is 25.5. The summed E-state index contributed by atoms with van der Waals surface area (Å²) in [5.41, 5.74) is 2.02. The van der Waals surface area contributed by atoms with Crippen LogP contribution in [0.2, 0.25) is 0 Å². The van der Waals surface area contributed by atoms with Gasteiger partial charge in [0.15, 0.2) is 0 Å². The summed E-state index contributed by atoms with van der Waals surface area (Å²) >= 11 is 0. The van der Waals surface area contributed by atoms with Gasteiger partial charge in [0, 0.05) is 13.3 Å². The van der Waals surface area contributed by atoms with E-state index in [1.54, 1.807) is 24.3 Å². The Morgan fingerprint density at radius 1 is 0.980 bits per heavy atom. The van der Waals surface area contributed by atoms with Gasteiger partial charge < -0.3 is 35.1 Å². The van der Waals surface area contributed by atoms with E-state index in [0.717, 1.165) is 55.3 Å². The molecule has 4 aliphatic carbocycles. The largest absolute Gasteiger partial charge is 0.463 e. The molecule has 284 valence electrons. The zero-order valence-electron chi connectivity index (χ0n) is 31.8. The van der Waals surface area contributed by atoms with Gasteiger partial charge in [0.2, 0.25) is 12.2 Å². The van der Waals surface area contributed by atoms with Crippen LogP contribution in [-0.2, 0) is 14.3 Å². The van der Waals surface area contributed by atoms with Crippen molar-refractivity contribution in [2.75, 3.05) is 6.61 Å². The molecule has 0 spiro atoms. The third kappa shape index (κ3) is 7.87. The molecule has 1 aromatic carbocycles. The minimum absolute atomic E-state index is 0.135. The van der Waals surface area contributed by atoms with Gasteiger partial charge in [-0.2, -0.15) is 0 Å². The van der Waals surface area contributed by atoms with Gasteiger partial charge in [-0.15, -0.1) is 0 Å². The van der Waals surface area contributed by atoms with Crippen LogP contribution in [0, 0.1) is 46.3 Å². The number of alkyl carbamates (subject to hydrolysis) is 1. The van der Waals surface area contributed by atoms with Crippen LogP contribution >= 0.6 is 0 Å². The van der Waals surface area contributed by atoms with Gasteiger partial charge in [-0.05, 0) is 103 Å². The number of benzene rings is 1. The minimum atomic E-state index is -1.30. The minimum Gasteiger partial charge on any atom is -0.463 e. The lowest BCUT2D eigenvalue weighted by Gasteiger charge is -2.58. The second-order valence-corrected chi connectivity index (χ2v) is 17.6. The van der Waals surface area contributed by atoms with Gasteiger partial charge >= 0.3 is 6.09 Å². The fourth-order valence-corrected chi connectivity index (χ4v) is 11.5. The predicted molar refractivity (Wildman–Crippen MR) is 197 cm³/mol. The summed E-state index contributed by atoms with van der Waals surface area (Å²) < 4.78 is 18.0. The molecular formula is C42H64N2O7. The molecule has 2 amide bonds. The Kier molecular flexibility index (Phi) is 11.8. The highest BCUT2D eigenvalue weighted by atomic mass is 16.7. The average Bonchev–Trinajstić information content (AvgIpc) is 3.45. The topological polar surface area (TPSA) is 126 Å². The number of rotatable bonds is 11. The zero-order chi connectivity index (χ0) is 36.5. The lowest BCUT2D eigenvalue weighted by Crippen LogP contribution is -2.69. The number of carbonyl (C=O) groups excluding carboxylic acids is 2. The van der Waals surface area contributed by atoms with Crippen LogP contribution in [0.1, 0.15) is 112 Å². The van der Waals surface area contributed by atoms with E-state index in [4.69, 9.17) is 14.2 Å². The molecule has 6 rings (SSSR count). The van der Waals surface area contributed by atoms with Gasteiger partial charge in [-0.25, -0.2) is 4.79 Å². The summed E-state index contributed by atoms with van der Waals surface area (Å²) in [7, 11) is 0. The molecule has 51 heavy (non-hydrogen) atoms. The number of carbonyl (C=O) groups is 2. The van der Waals surface area contributed by atoms with Crippen LogP contribution in [-0.4, -0.2) is 65.5 Å². The molecule has 1 aromatic rings. The van der Waals surface area contributed by atoms with E-state index in [-0.39, 0.29) is 17.4 Å². The van der Waals surface area contributed by atoms with Crippen molar-refractivity contribution in [3.8, 4) is 5.75 Å². The lowest BCUT2D eigenvalue weighted by molar-refractivity contribution is -0.214. The van der Waals surface area contributed by atoms with Crippen LogP contribution < -0.4 is 15.4 Å². The van der Waals surface area contributed by atoms with E-state index in [2.05, 4.69) is 51.3 Å². The lowest BCUT2D eigenvalue weighted by atomic mass is 9.47. The molecule has 4 N–H and O–H groups in total. The van der Waals surface area contributed by atoms with Crippen LogP contribution in [0.25, 0.3) is 0 Å². The molecule has 1 aliphatic heterocycles. The molecule has 9 nitrogen and oxygen atoms in total. The van der Waals surface area contributed by atoms with Gasteiger partial charge in [0.25, 0.3) is 0 Å². The van der Waals surface area contributed by atoms with E-state index in [1.165, 1.54) is 57.4 Å². The normalized spacial score (nSPS) is 39.5. The van der Waals surface area contributed by atoms with Crippen LogP contribution in [0.5, 0.6) is 5.75 Å². The SMILES string of the molecule is CC(=O)N[C@H]1[C@H](Oc2ccccc2)O[C@H](CO)[C@H](NC(=O)O[C@H]2CC[C@@]3(C)C(=CC[C@H]4[C@@H]5CC[C@H]([C@H](C)CCCC(C)C)[C@@]5(C)CC[C@@H]43)C2)[C@@H]1O. The Morgan fingerprint density at radius 3 is 2.45 bits per heavy atom. The Hall–Kier alpha value is -2.62. The summed E-state index contributed by atoms with van der Waals surface area (Å²) in [6.45, 7) is 13.2. The van der Waals surface area contributed by atoms with Crippen LogP contribution in [0.3, 0.4) is 0 Å². The molecule has 13 atom stereocenters. The summed E-state index contributed by atoms with van der Waals surface area (Å²) in [5, 5.41) is 27.1. The van der Waals surface area contributed by atoms with Crippen LogP contribution in [0.4, 0.5) is 4.79 Å². The maximum atomic E-state index is 13.4. The standard InChI is InChI=1S/C42H64N2O7/c1-25(2)11-10-12-26(3)32-17-18-33-31-16-15-28-23-30(19-21-41(28,5)34(31)20-22-42(32,33)6)50-40(48)44-36-35(24-45)51-39(37(38(36)47)43-27(4)46)49-29-13-8-7-9-14-29/h7-9,13-15,25-26,30-39,45,47H,10-12,16-24H2,1-6H3,(H,43,46)(H,44,48)/t26-,30+,31+,32-,33+,34+,35-,36+,37-,38+,39-,41+,42-/m1/s1. The number of hydrogen-bond donors (Lipinski definition) is 4. The van der Waals surface area contributed by atoms with E-state index in [1.807, 2.05) is 6.07 Å². The Balaban J connectivity index is 1.07. The number of aliphatic hydroxyl groups is 2. The fourth-order valence-electron chi connectivity index (χ4n) is 11.5. The number of ether oxygens (including phenoxy) is 3. The quantitative estimate of drug-likeness (QED) is 0.180. The molecule has 0 bridgehead atoms. The number of aliphatic hydroxyl groups excluding tert-OH is 2. The number of fused-ring (bicyclic) bond motifs is 5. The average molecular weight is 709 g/mol. The third-order valence-corrected chi connectivity index (χ3v) is 14.1. The smallest absolute Gasteiger partial charge is 0.407 e. The second kappa shape index (κ2) is 15.8. The van der Waals surface area contributed by atoms with E-state index >= 15 is 0 Å². The van der Waals surface area contributed by atoms with Crippen LogP contribution in [0.15, 0.2) is 42.0 Å².